The molecule has 0 spiro atoms. The first kappa shape index (κ1) is 20.3. The van der Waals surface area contributed by atoms with Gasteiger partial charge in [0.05, 0.1) is 19.9 Å². The van der Waals surface area contributed by atoms with Gasteiger partial charge < -0.3 is 19.5 Å². The lowest BCUT2D eigenvalue weighted by Crippen LogP contribution is -2.29. The van der Waals surface area contributed by atoms with Crippen molar-refractivity contribution in [2.24, 2.45) is 0 Å². The highest BCUT2D eigenvalue weighted by molar-refractivity contribution is 6.31. The summed E-state index contributed by atoms with van der Waals surface area (Å²) in [6, 6.07) is 12.0. The molecule has 0 aromatic heterocycles. The number of amides is 1. The fraction of sp³-hybridized carbons (Fsp3) is 0.200. The SMILES string of the molecule is COc1cccc(/C=C/C(=O)OC(C)C(=O)Nc2cc(Cl)ccc2OC)c1. The Labute approximate surface area is 162 Å². The summed E-state index contributed by atoms with van der Waals surface area (Å²) >= 11 is 5.93. The molecule has 142 valence electrons. The topological polar surface area (TPSA) is 73.9 Å². The smallest absolute Gasteiger partial charge is 0.331 e. The van der Waals surface area contributed by atoms with E-state index in [4.69, 9.17) is 25.8 Å². The molecule has 0 fully saturated rings. The summed E-state index contributed by atoms with van der Waals surface area (Å²) in [5, 5.41) is 3.07. The number of halogens is 1. The minimum absolute atomic E-state index is 0.393. The van der Waals surface area contributed by atoms with E-state index < -0.39 is 18.0 Å². The molecule has 0 aliphatic carbocycles. The molecular formula is C20H20ClNO5. The Kier molecular flexibility index (Phi) is 7.25. The molecule has 0 bridgehead atoms. The number of rotatable bonds is 7. The third kappa shape index (κ3) is 6.04. The zero-order valence-corrected chi connectivity index (χ0v) is 15.9. The molecule has 1 N–H and O–H groups in total. The molecule has 0 saturated carbocycles. The second-order valence-corrected chi connectivity index (χ2v) is 5.96. The maximum Gasteiger partial charge on any atom is 0.331 e. The number of carbonyl (C=O) groups is 2. The van der Waals surface area contributed by atoms with Gasteiger partial charge in [-0.1, -0.05) is 23.7 Å². The van der Waals surface area contributed by atoms with E-state index in [-0.39, 0.29) is 0 Å². The number of methoxy groups -OCH3 is 2. The fourth-order valence-corrected chi connectivity index (χ4v) is 2.36. The zero-order valence-electron chi connectivity index (χ0n) is 15.2. The summed E-state index contributed by atoms with van der Waals surface area (Å²) in [5.74, 6) is -0.0184. The van der Waals surface area contributed by atoms with Gasteiger partial charge in [0.1, 0.15) is 11.5 Å². The number of nitrogens with one attached hydrogen (secondary N) is 1. The van der Waals surface area contributed by atoms with Crippen molar-refractivity contribution in [3.05, 3.63) is 59.1 Å². The predicted octanol–water partition coefficient (Wildman–Crippen LogP) is 3.94. The first-order valence-electron chi connectivity index (χ1n) is 8.10. The van der Waals surface area contributed by atoms with Crippen LogP contribution in [0.2, 0.25) is 5.02 Å². The van der Waals surface area contributed by atoms with E-state index in [2.05, 4.69) is 5.32 Å². The van der Waals surface area contributed by atoms with Crippen LogP contribution in [0, 0.1) is 0 Å². The minimum Gasteiger partial charge on any atom is -0.497 e. The first-order chi connectivity index (χ1) is 12.9. The van der Waals surface area contributed by atoms with Crippen LogP contribution in [0.1, 0.15) is 12.5 Å². The number of hydrogen-bond acceptors (Lipinski definition) is 5. The number of esters is 1. The van der Waals surface area contributed by atoms with Crippen LogP contribution in [0.15, 0.2) is 48.5 Å². The molecule has 0 heterocycles. The lowest BCUT2D eigenvalue weighted by atomic mass is 10.2. The Morgan fingerprint density at radius 1 is 1.11 bits per heavy atom. The van der Waals surface area contributed by atoms with E-state index >= 15 is 0 Å². The third-order valence-corrected chi connectivity index (χ3v) is 3.82. The van der Waals surface area contributed by atoms with Crippen LogP contribution in [-0.4, -0.2) is 32.2 Å². The third-order valence-electron chi connectivity index (χ3n) is 3.59. The van der Waals surface area contributed by atoms with Crippen LogP contribution >= 0.6 is 11.6 Å². The van der Waals surface area contributed by atoms with E-state index in [9.17, 15) is 9.59 Å². The molecule has 2 aromatic carbocycles. The van der Waals surface area contributed by atoms with E-state index in [1.165, 1.54) is 20.1 Å². The highest BCUT2D eigenvalue weighted by atomic mass is 35.5. The van der Waals surface area contributed by atoms with Gasteiger partial charge in [-0.05, 0) is 48.9 Å². The summed E-state index contributed by atoms with van der Waals surface area (Å²) < 4.78 is 15.4. The lowest BCUT2D eigenvalue weighted by Gasteiger charge is -2.14. The summed E-state index contributed by atoms with van der Waals surface area (Å²) in [6.45, 7) is 1.48. The summed E-state index contributed by atoms with van der Waals surface area (Å²) in [6.07, 6.45) is 1.82. The molecule has 27 heavy (non-hydrogen) atoms. The molecular weight excluding hydrogens is 370 g/mol. The number of hydrogen-bond donors (Lipinski definition) is 1. The maximum absolute atomic E-state index is 12.3. The molecule has 7 heteroatoms. The number of benzene rings is 2. The van der Waals surface area contributed by atoms with Gasteiger partial charge in [0, 0.05) is 11.1 Å². The van der Waals surface area contributed by atoms with Crippen molar-refractivity contribution in [3.8, 4) is 11.5 Å². The van der Waals surface area contributed by atoms with Gasteiger partial charge in [0.25, 0.3) is 5.91 Å². The van der Waals surface area contributed by atoms with Crippen LogP contribution < -0.4 is 14.8 Å². The normalized spacial score (nSPS) is 11.7. The predicted molar refractivity (Wildman–Crippen MR) is 104 cm³/mol. The van der Waals surface area contributed by atoms with E-state index in [1.807, 2.05) is 6.07 Å². The Bertz CT molecular complexity index is 850. The summed E-state index contributed by atoms with van der Waals surface area (Å²) in [7, 11) is 3.04. The molecule has 2 aromatic rings. The number of ether oxygens (including phenoxy) is 3. The largest absolute Gasteiger partial charge is 0.497 e. The average Bonchev–Trinajstić information content (AvgIpc) is 2.66. The van der Waals surface area contributed by atoms with Gasteiger partial charge in [0.2, 0.25) is 0 Å². The van der Waals surface area contributed by atoms with Crippen molar-refractivity contribution in [1.29, 1.82) is 0 Å². The van der Waals surface area contributed by atoms with Gasteiger partial charge in [-0.25, -0.2) is 4.79 Å². The van der Waals surface area contributed by atoms with Crippen LogP contribution in [-0.2, 0) is 14.3 Å². The lowest BCUT2D eigenvalue weighted by molar-refractivity contribution is -0.148. The number of anilines is 1. The zero-order chi connectivity index (χ0) is 19.8. The highest BCUT2D eigenvalue weighted by Crippen LogP contribution is 2.27. The molecule has 1 atom stereocenters. The molecule has 1 amide bonds. The van der Waals surface area contributed by atoms with Gasteiger partial charge in [-0.15, -0.1) is 0 Å². The first-order valence-corrected chi connectivity index (χ1v) is 8.48. The average molecular weight is 390 g/mol. The van der Waals surface area contributed by atoms with Crippen LogP contribution in [0.4, 0.5) is 5.69 Å². The monoisotopic (exact) mass is 389 g/mol. The van der Waals surface area contributed by atoms with E-state index in [0.717, 1.165) is 5.56 Å². The Balaban J connectivity index is 1.96. The van der Waals surface area contributed by atoms with Crippen molar-refractivity contribution in [3.63, 3.8) is 0 Å². The van der Waals surface area contributed by atoms with Crippen molar-refractivity contribution < 1.29 is 23.8 Å². The Morgan fingerprint density at radius 2 is 1.89 bits per heavy atom. The molecule has 6 nitrogen and oxygen atoms in total. The van der Waals surface area contributed by atoms with Crippen molar-refractivity contribution in [2.75, 3.05) is 19.5 Å². The molecule has 2 rings (SSSR count). The summed E-state index contributed by atoms with van der Waals surface area (Å²) in [4.78, 5) is 24.2. The van der Waals surface area contributed by atoms with Gasteiger partial charge in [0.15, 0.2) is 6.10 Å². The van der Waals surface area contributed by atoms with E-state index in [1.54, 1.807) is 49.6 Å². The minimum atomic E-state index is -1.00. The van der Waals surface area contributed by atoms with E-state index in [0.29, 0.717) is 22.2 Å². The second kappa shape index (κ2) is 9.64. The van der Waals surface area contributed by atoms with Gasteiger partial charge in [-0.3, -0.25) is 4.79 Å². The molecule has 0 aliphatic heterocycles. The maximum atomic E-state index is 12.3. The van der Waals surface area contributed by atoms with Crippen molar-refractivity contribution in [2.45, 2.75) is 13.0 Å². The molecule has 0 aliphatic rings. The second-order valence-electron chi connectivity index (χ2n) is 5.52. The van der Waals surface area contributed by atoms with Crippen LogP contribution in [0.5, 0.6) is 11.5 Å². The van der Waals surface area contributed by atoms with Crippen LogP contribution in [0.25, 0.3) is 6.08 Å². The molecule has 0 radical (unpaired) electrons. The quantitative estimate of drug-likeness (QED) is 0.573. The Hall–Kier alpha value is -2.99. The molecule has 1 unspecified atom stereocenters. The van der Waals surface area contributed by atoms with Crippen LogP contribution in [0.3, 0.4) is 0 Å². The highest BCUT2D eigenvalue weighted by Gasteiger charge is 2.18. The van der Waals surface area contributed by atoms with Crippen molar-refractivity contribution in [1.82, 2.24) is 0 Å². The van der Waals surface area contributed by atoms with Crippen molar-refractivity contribution >= 4 is 35.2 Å². The molecule has 0 saturated heterocycles. The fourth-order valence-electron chi connectivity index (χ4n) is 2.19. The Morgan fingerprint density at radius 3 is 2.59 bits per heavy atom. The van der Waals surface area contributed by atoms with Gasteiger partial charge in [-0.2, -0.15) is 0 Å². The number of carbonyl (C=O) groups excluding carboxylic acids is 2. The standard InChI is InChI=1S/C20H20ClNO5/c1-13(20(24)22-17-12-15(21)8-9-18(17)26-3)27-19(23)10-7-14-5-4-6-16(11-14)25-2/h4-13H,1-3H3,(H,22,24)/b10-7+. The summed E-state index contributed by atoms with van der Waals surface area (Å²) in [5.41, 5.74) is 1.16. The van der Waals surface area contributed by atoms with Gasteiger partial charge >= 0.3 is 5.97 Å².